The summed E-state index contributed by atoms with van der Waals surface area (Å²) in [5.41, 5.74) is 1.41. The Balaban J connectivity index is 2.15. The van der Waals surface area contributed by atoms with Crippen molar-refractivity contribution < 1.29 is 4.39 Å². The Morgan fingerprint density at radius 3 is 2.89 bits per heavy atom. The van der Waals surface area contributed by atoms with Crippen LogP contribution in [0.15, 0.2) is 22.7 Å². The molecule has 0 radical (unpaired) electrons. The Labute approximate surface area is 117 Å². The monoisotopic (exact) mass is 313 g/mol. The third-order valence-corrected chi connectivity index (χ3v) is 4.64. The van der Waals surface area contributed by atoms with E-state index < -0.39 is 0 Å². The van der Waals surface area contributed by atoms with Gasteiger partial charge in [0.2, 0.25) is 0 Å². The lowest BCUT2D eigenvalue weighted by molar-refractivity contribution is 0.302. The van der Waals surface area contributed by atoms with Gasteiger partial charge in [0.15, 0.2) is 0 Å². The fourth-order valence-corrected chi connectivity index (χ4v) is 3.25. The summed E-state index contributed by atoms with van der Waals surface area (Å²) >= 11 is 3.27. The van der Waals surface area contributed by atoms with Gasteiger partial charge in [0.05, 0.1) is 4.47 Å². The Kier molecular flexibility index (Phi) is 4.79. The molecule has 0 spiro atoms. The van der Waals surface area contributed by atoms with Crippen molar-refractivity contribution in [2.45, 2.75) is 51.0 Å². The topological polar surface area (TPSA) is 12.0 Å². The Bertz CT molecular complexity index is 397. The molecule has 18 heavy (non-hydrogen) atoms. The first-order valence-electron chi connectivity index (χ1n) is 6.84. The number of hydrogen-bond acceptors (Lipinski definition) is 1. The fraction of sp³-hybridized carbons (Fsp3) is 0.600. The Morgan fingerprint density at radius 2 is 2.17 bits per heavy atom. The Morgan fingerprint density at radius 1 is 1.33 bits per heavy atom. The summed E-state index contributed by atoms with van der Waals surface area (Å²) < 4.78 is 13.8. The highest BCUT2D eigenvalue weighted by Gasteiger charge is 2.28. The summed E-state index contributed by atoms with van der Waals surface area (Å²) in [5, 5.41) is 3.72. The molecule has 1 nitrogen and oxygen atoms in total. The summed E-state index contributed by atoms with van der Waals surface area (Å²) in [6.07, 6.45) is 7.22. The van der Waals surface area contributed by atoms with Crippen molar-refractivity contribution in [3.63, 3.8) is 0 Å². The Hall–Kier alpha value is -0.410. The van der Waals surface area contributed by atoms with Crippen molar-refractivity contribution in [1.82, 2.24) is 5.32 Å². The van der Waals surface area contributed by atoms with E-state index in [-0.39, 0.29) is 11.4 Å². The lowest BCUT2D eigenvalue weighted by Gasteiger charge is -2.33. The van der Waals surface area contributed by atoms with Crippen LogP contribution in [0, 0.1) is 5.82 Å². The molecule has 2 rings (SSSR count). The first kappa shape index (κ1) is 14.0. The van der Waals surface area contributed by atoms with Crippen molar-refractivity contribution in [1.29, 1.82) is 0 Å². The van der Waals surface area contributed by atoms with Gasteiger partial charge in [-0.25, -0.2) is 4.39 Å². The molecule has 1 heterocycles. The zero-order valence-corrected chi connectivity index (χ0v) is 12.5. The maximum absolute atomic E-state index is 13.3. The van der Waals surface area contributed by atoms with Crippen LogP contribution >= 0.6 is 15.9 Å². The molecule has 1 aliphatic rings. The second kappa shape index (κ2) is 6.16. The summed E-state index contributed by atoms with van der Waals surface area (Å²) in [6.45, 7) is 3.35. The van der Waals surface area contributed by atoms with Gasteiger partial charge in [-0.2, -0.15) is 0 Å². The number of benzene rings is 1. The smallest absolute Gasteiger partial charge is 0.137 e. The molecular weight excluding hydrogens is 293 g/mol. The predicted molar refractivity (Wildman–Crippen MR) is 77.3 cm³/mol. The summed E-state index contributed by atoms with van der Waals surface area (Å²) in [4.78, 5) is 0. The van der Waals surface area contributed by atoms with Gasteiger partial charge in [-0.1, -0.05) is 25.8 Å². The molecule has 0 amide bonds. The second-order valence-electron chi connectivity index (χ2n) is 5.30. The third kappa shape index (κ3) is 3.33. The molecule has 1 aliphatic heterocycles. The lowest BCUT2D eigenvalue weighted by Crippen LogP contribution is -2.46. The maximum atomic E-state index is 13.3. The quantitative estimate of drug-likeness (QED) is 0.869. The first-order chi connectivity index (χ1) is 8.65. The number of rotatable bonds is 3. The molecule has 1 atom stereocenters. The van der Waals surface area contributed by atoms with Crippen LogP contribution in [-0.4, -0.2) is 12.1 Å². The van der Waals surface area contributed by atoms with E-state index in [1.54, 1.807) is 6.07 Å². The lowest BCUT2D eigenvalue weighted by atomic mass is 9.84. The second-order valence-corrected chi connectivity index (χ2v) is 6.15. The zero-order chi connectivity index (χ0) is 13.0. The van der Waals surface area contributed by atoms with Crippen molar-refractivity contribution in [3.05, 3.63) is 34.1 Å². The van der Waals surface area contributed by atoms with E-state index in [2.05, 4.69) is 28.2 Å². The van der Waals surface area contributed by atoms with Gasteiger partial charge in [-0.15, -0.1) is 0 Å². The number of halogens is 2. The summed E-state index contributed by atoms with van der Waals surface area (Å²) in [5.74, 6) is -0.182. The number of hydrogen-bond donors (Lipinski definition) is 1. The molecule has 1 unspecified atom stereocenters. The summed E-state index contributed by atoms with van der Waals surface area (Å²) in [7, 11) is 0. The highest BCUT2D eigenvalue weighted by molar-refractivity contribution is 9.10. The van der Waals surface area contributed by atoms with E-state index >= 15 is 0 Å². The molecule has 1 N–H and O–H groups in total. The summed E-state index contributed by atoms with van der Waals surface area (Å²) in [6, 6.07) is 5.38. The van der Waals surface area contributed by atoms with Crippen molar-refractivity contribution in [3.8, 4) is 0 Å². The molecule has 1 aromatic rings. The van der Waals surface area contributed by atoms with E-state index in [4.69, 9.17) is 0 Å². The minimum absolute atomic E-state index is 0.182. The van der Waals surface area contributed by atoms with Gasteiger partial charge in [-0.05, 0) is 65.9 Å². The van der Waals surface area contributed by atoms with E-state index in [9.17, 15) is 4.39 Å². The largest absolute Gasteiger partial charge is 0.311 e. The van der Waals surface area contributed by atoms with Gasteiger partial charge < -0.3 is 5.32 Å². The van der Waals surface area contributed by atoms with Crippen molar-refractivity contribution in [2.75, 3.05) is 6.54 Å². The highest BCUT2D eigenvalue weighted by atomic mass is 79.9. The molecule has 0 aliphatic carbocycles. The molecule has 0 aromatic heterocycles. The van der Waals surface area contributed by atoms with Crippen LogP contribution in [0.4, 0.5) is 4.39 Å². The minimum atomic E-state index is -0.182. The normalized spacial score (nSPS) is 24.8. The minimum Gasteiger partial charge on any atom is -0.311 e. The van der Waals surface area contributed by atoms with Crippen LogP contribution in [0.2, 0.25) is 0 Å². The third-order valence-electron chi connectivity index (χ3n) is 4.04. The molecule has 1 saturated heterocycles. The van der Waals surface area contributed by atoms with Crippen LogP contribution in [0.1, 0.15) is 44.6 Å². The van der Waals surface area contributed by atoms with Gasteiger partial charge >= 0.3 is 0 Å². The predicted octanol–water partition coefficient (Wildman–Crippen LogP) is 4.44. The average molecular weight is 314 g/mol. The van der Waals surface area contributed by atoms with E-state index in [0.717, 1.165) is 19.4 Å². The molecule has 0 saturated carbocycles. The SMILES string of the molecule is CCC1(Cc2ccc(F)c(Br)c2)CCCCCN1. The standard InChI is InChI=1S/C15H21BrFN/c1-2-15(8-4-3-5-9-18-15)11-12-6-7-14(17)13(16)10-12/h6-7,10,18H,2-5,8-9,11H2,1H3. The van der Waals surface area contributed by atoms with Crippen LogP contribution in [0.3, 0.4) is 0 Å². The maximum Gasteiger partial charge on any atom is 0.137 e. The van der Waals surface area contributed by atoms with Crippen LogP contribution in [0.5, 0.6) is 0 Å². The van der Waals surface area contributed by atoms with Crippen molar-refractivity contribution in [2.24, 2.45) is 0 Å². The fourth-order valence-electron chi connectivity index (χ4n) is 2.83. The first-order valence-corrected chi connectivity index (χ1v) is 7.63. The van der Waals surface area contributed by atoms with Crippen LogP contribution in [0.25, 0.3) is 0 Å². The molecule has 100 valence electrons. The van der Waals surface area contributed by atoms with E-state index in [1.807, 2.05) is 12.1 Å². The highest BCUT2D eigenvalue weighted by Crippen LogP contribution is 2.28. The van der Waals surface area contributed by atoms with E-state index in [0.29, 0.717) is 4.47 Å². The van der Waals surface area contributed by atoms with Gasteiger partial charge in [0.25, 0.3) is 0 Å². The zero-order valence-electron chi connectivity index (χ0n) is 10.9. The van der Waals surface area contributed by atoms with Crippen LogP contribution < -0.4 is 5.32 Å². The van der Waals surface area contributed by atoms with Crippen molar-refractivity contribution >= 4 is 15.9 Å². The van der Waals surface area contributed by atoms with Gasteiger partial charge in [0, 0.05) is 5.54 Å². The molecule has 3 heteroatoms. The average Bonchev–Trinajstić information content (AvgIpc) is 2.60. The molecule has 1 aromatic carbocycles. The molecule has 0 bridgehead atoms. The number of nitrogens with one attached hydrogen (secondary N) is 1. The van der Waals surface area contributed by atoms with Gasteiger partial charge in [0.1, 0.15) is 5.82 Å². The molecular formula is C15H21BrFN. The van der Waals surface area contributed by atoms with Crippen LogP contribution in [-0.2, 0) is 6.42 Å². The van der Waals surface area contributed by atoms with E-state index in [1.165, 1.54) is 31.2 Å². The molecule has 1 fully saturated rings. The van der Waals surface area contributed by atoms with Gasteiger partial charge in [-0.3, -0.25) is 0 Å².